The molecule has 1 aliphatic heterocycles. The quantitative estimate of drug-likeness (QED) is 0.710. The van der Waals surface area contributed by atoms with E-state index in [1.165, 1.54) is 11.2 Å². The summed E-state index contributed by atoms with van der Waals surface area (Å²) in [5.74, 6) is -0.00225. The molecule has 1 unspecified atom stereocenters. The van der Waals surface area contributed by atoms with Crippen molar-refractivity contribution in [2.75, 3.05) is 6.54 Å². The summed E-state index contributed by atoms with van der Waals surface area (Å²) >= 11 is 0. The Balaban J connectivity index is 1.70. The highest BCUT2D eigenvalue weighted by Crippen LogP contribution is 2.20. The third kappa shape index (κ3) is 4.74. The highest BCUT2D eigenvalue weighted by molar-refractivity contribution is 5.90. The fourth-order valence-electron chi connectivity index (χ4n) is 3.46. The number of carbonyl (C=O) groups is 2. The van der Waals surface area contributed by atoms with Crippen LogP contribution >= 0.6 is 0 Å². The Labute approximate surface area is 164 Å². The molecule has 1 aliphatic rings. The molecule has 0 aliphatic carbocycles. The molecule has 2 heterocycles. The molecule has 8 nitrogen and oxygen atoms in total. The van der Waals surface area contributed by atoms with E-state index in [0.29, 0.717) is 23.0 Å². The molecule has 1 atom stereocenters. The molecule has 1 saturated heterocycles. The summed E-state index contributed by atoms with van der Waals surface area (Å²) in [5.41, 5.74) is 1.08. The van der Waals surface area contributed by atoms with Crippen molar-refractivity contribution in [3.05, 3.63) is 29.8 Å². The number of benzene rings is 1. The van der Waals surface area contributed by atoms with Gasteiger partial charge >= 0.3 is 5.97 Å². The largest absolute Gasteiger partial charge is 0.459 e. The van der Waals surface area contributed by atoms with Crippen LogP contribution in [0, 0.1) is 0 Å². The van der Waals surface area contributed by atoms with E-state index in [4.69, 9.17) is 4.74 Å². The summed E-state index contributed by atoms with van der Waals surface area (Å²) in [4.78, 5) is 28.0. The zero-order chi connectivity index (χ0) is 20.1. The van der Waals surface area contributed by atoms with Gasteiger partial charge in [0.25, 0.3) is 0 Å². The molecule has 0 radical (unpaired) electrons. The Bertz CT molecular complexity index is 833. The summed E-state index contributed by atoms with van der Waals surface area (Å²) in [5, 5.41) is 12.4. The normalized spacial score (nSPS) is 17.0. The van der Waals surface area contributed by atoms with E-state index in [9.17, 15) is 9.59 Å². The molecule has 0 bridgehead atoms. The van der Waals surface area contributed by atoms with Crippen LogP contribution in [0.25, 0.3) is 11.4 Å². The fraction of sp³-hybridized carbons (Fsp3) is 0.550. The number of likely N-dealkylation sites (tertiary alicyclic amines) is 1. The minimum Gasteiger partial charge on any atom is -0.459 e. The summed E-state index contributed by atoms with van der Waals surface area (Å²) in [7, 11) is 0. The SMILES string of the molecule is CCC1CCCCN1C(=O)Cn1nnc(-c2cccc(C(=O)OC(C)C)c2)n1. The monoisotopic (exact) mass is 385 g/mol. The average molecular weight is 385 g/mol. The van der Waals surface area contributed by atoms with Crippen molar-refractivity contribution in [3.8, 4) is 11.4 Å². The van der Waals surface area contributed by atoms with Gasteiger partial charge in [-0.1, -0.05) is 19.1 Å². The molecule has 0 saturated carbocycles. The second-order valence-corrected chi connectivity index (χ2v) is 7.32. The van der Waals surface area contributed by atoms with Crippen LogP contribution < -0.4 is 0 Å². The van der Waals surface area contributed by atoms with Gasteiger partial charge in [0.05, 0.1) is 11.7 Å². The second kappa shape index (κ2) is 8.95. The molecule has 1 amide bonds. The third-order valence-corrected chi connectivity index (χ3v) is 4.85. The third-order valence-electron chi connectivity index (χ3n) is 4.85. The van der Waals surface area contributed by atoms with E-state index in [1.807, 2.05) is 4.90 Å². The maximum atomic E-state index is 12.7. The number of ether oxygens (including phenoxy) is 1. The zero-order valence-corrected chi connectivity index (χ0v) is 16.7. The van der Waals surface area contributed by atoms with Crippen LogP contribution in [0.1, 0.15) is 56.8 Å². The first kappa shape index (κ1) is 20.0. The van der Waals surface area contributed by atoms with Gasteiger partial charge in [-0.15, -0.1) is 10.2 Å². The average Bonchev–Trinajstić information content (AvgIpc) is 3.16. The van der Waals surface area contributed by atoms with E-state index >= 15 is 0 Å². The summed E-state index contributed by atoms with van der Waals surface area (Å²) in [6.45, 7) is 6.57. The minimum atomic E-state index is -0.393. The Kier molecular flexibility index (Phi) is 6.38. The Morgan fingerprint density at radius 1 is 1.29 bits per heavy atom. The van der Waals surface area contributed by atoms with Gasteiger partial charge in [-0.3, -0.25) is 4.79 Å². The molecule has 1 aromatic heterocycles. The van der Waals surface area contributed by atoms with E-state index < -0.39 is 5.97 Å². The van der Waals surface area contributed by atoms with Gasteiger partial charge in [0.2, 0.25) is 11.7 Å². The number of piperidine rings is 1. The van der Waals surface area contributed by atoms with Crippen molar-refractivity contribution in [2.24, 2.45) is 0 Å². The van der Waals surface area contributed by atoms with Crippen molar-refractivity contribution >= 4 is 11.9 Å². The number of aromatic nitrogens is 4. The summed E-state index contributed by atoms with van der Waals surface area (Å²) in [6.07, 6.45) is 4.03. The molecule has 28 heavy (non-hydrogen) atoms. The first-order chi connectivity index (χ1) is 13.5. The number of rotatable bonds is 6. The molecule has 2 aromatic rings. The maximum absolute atomic E-state index is 12.7. The lowest BCUT2D eigenvalue weighted by molar-refractivity contribution is -0.136. The van der Waals surface area contributed by atoms with Crippen LogP contribution in [0.2, 0.25) is 0 Å². The summed E-state index contributed by atoms with van der Waals surface area (Å²) < 4.78 is 5.22. The van der Waals surface area contributed by atoms with Crippen LogP contribution in [-0.2, 0) is 16.1 Å². The van der Waals surface area contributed by atoms with Crippen molar-refractivity contribution in [3.63, 3.8) is 0 Å². The topological polar surface area (TPSA) is 90.2 Å². The van der Waals surface area contributed by atoms with Crippen molar-refractivity contribution in [1.82, 2.24) is 25.1 Å². The number of tetrazole rings is 1. The molecule has 150 valence electrons. The molecule has 3 rings (SSSR count). The standard InChI is InChI=1S/C20H27N5O3/c1-4-17-10-5-6-11-24(17)18(26)13-25-22-19(21-23-25)15-8-7-9-16(12-15)20(27)28-14(2)3/h7-9,12,14,17H,4-6,10-11,13H2,1-3H3. The van der Waals surface area contributed by atoms with Gasteiger partial charge in [0.15, 0.2) is 0 Å². The number of carbonyl (C=O) groups excluding carboxylic acids is 2. The lowest BCUT2D eigenvalue weighted by Gasteiger charge is -2.35. The highest BCUT2D eigenvalue weighted by Gasteiger charge is 2.26. The Morgan fingerprint density at radius 2 is 2.11 bits per heavy atom. The Hall–Kier alpha value is -2.77. The highest BCUT2D eigenvalue weighted by atomic mass is 16.5. The van der Waals surface area contributed by atoms with E-state index in [0.717, 1.165) is 25.8 Å². The van der Waals surface area contributed by atoms with Crippen molar-refractivity contribution in [1.29, 1.82) is 0 Å². The lowest BCUT2D eigenvalue weighted by atomic mass is 10.00. The summed E-state index contributed by atoms with van der Waals surface area (Å²) in [6, 6.07) is 7.20. The molecular weight excluding hydrogens is 358 g/mol. The van der Waals surface area contributed by atoms with Crippen LogP contribution in [0.15, 0.2) is 24.3 Å². The molecule has 1 fully saturated rings. The molecule has 1 aromatic carbocycles. The lowest BCUT2D eigenvalue weighted by Crippen LogP contribution is -2.45. The molecule has 0 spiro atoms. The number of nitrogens with zero attached hydrogens (tertiary/aromatic N) is 5. The first-order valence-corrected chi connectivity index (χ1v) is 9.86. The second-order valence-electron chi connectivity index (χ2n) is 7.32. The van der Waals surface area contributed by atoms with E-state index in [2.05, 4.69) is 22.3 Å². The van der Waals surface area contributed by atoms with E-state index in [1.54, 1.807) is 38.1 Å². The number of esters is 1. The van der Waals surface area contributed by atoms with Crippen molar-refractivity contribution in [2.45, 2.75) is 65.1 Å². The van der Waals surface area contributed by atoms with Crippen molar-refractivity contribution < 1.29 is 14.3 Å². The molecular formula is C20H27N5O3. The maximum Gasteiger partial charge on any atom is 0.338 e. The fourth-order valence-corrected chi connectivity index (χ4v) is 3.46. The van der Waals surface area contributed by atoms with Crippen LogP contribution in [-0.4, -0.2) is 55.7 Å². The van der Waals surface area contributed by atoms with Gasteiger partial charge in [0, 0.05) is 18.2 Å². The molecule has 0 N–H and O–H groups in total. The number of hydrogen-bond acceptors (Lipinski definition) is 6. The van der Waals surface area contributed by atoms with Gasteiger partial charge in [-0.25, -0.2) is 4.79 Å². The predicted molar refractivity (Wildman–Crippen MR) is 103 cm³/mol. The predicted octanol–water partition coefficient (Wildman–Crippen LogP) is 2.70. The smallest absolute Gasteiger partial charge is 0.338 e. The molecule has 8 heteroatoms. The Morgan fingerprint density at radius 3 is 2.86 bits per heavy atom. The zero-order valence-electron chi connectivity index (χ0n) is 16.7. The first-order valence-electron chi connectivity index (χ1n) is 9.86. The van der Waals surface area contributed by atoms with Gasteiger partial charge in [0.1, 0.15) is 6.54 Å². The minimum absolute atomic E-state index is 0.0183. The van der Waals surface area contributed by atoms with Gasteiger partial charge in [-0.2, -0.15) is 4.80 Å². The van der Waals surface area contributed by atoms with E-state index in [-0.39, 0.29) is 18.6 Å². The number of hydrogen-bond donors (Lipinski definition) is 0. The van der Waals surface area contributed by atoms with Crippen LogP contribution in [0.5, 0.6) is 0 Å². The van der Waals surface area contributed by atoms with Crippen LogP contribution in [0.4, 0.5) is 0 Å². The van der Waals surface area contributed by atoms with Crippen LogP contribution in [0.3, 0.4) is 0 Å². The van der Waals surface area contributed by atoms with Gasteiger partial charge < -0.3 is 9.64 Å². The number of amides is 1. The van der Waals surface area contributed by atoms with Gasteiger partial charge in [-0.05, 0) is 56.9 Å².